The van der Waals surface area contributed by atoms with E-state index in [0.29, 0.717) is 32.1 Å². The van der Waals surface area contributed by atoms with E-state index in [1.165, 1.54) is 0 Å². The number of aromatic amines is 1. The van der Waals surface area contributed by atoms with Gasteiger partial charge in [0.1, 0.15) is 5.82 Å². The van der Waals surface area contributed by atoms with Crippen molar-refractivity contribution < 1.29 is 0 Å². The van der Waals surface area contributed by atoms with Gasteiger partial charge < -0.3 is 10.7 Å². The normalized spacial score (nSPS) is 11.1. The summed E-state index contributed by atoms with van der Waals surface area (Å²) in [6.45, 7) is 0. The second kappa shape index (κ2) is 4.60. The number of nitrogens with one attached hydrogen (secondary N) is 1. The highest BCUT2D eigenvalue weighted by atomic mass is 35.5. The number of aromatic nitrogens is 2. The van der Waals surface area contributed by atoms with E-state index in [2.05, 4.69) is 9.97 Å². The number of fused-ring (bicyclic) bond motifs is 1. The number of hydrogen-bond acceptors (Lipinski definition) is 2. The Bertz CT molecular complexity index is 780. The first-order valence-corrected chi connectivity index (χ1v) is 6.59. The first-order valence-electron chi connectivity index (χ1n) is 5.45. The van der Waals surface area contributed by atoms with Crippen LogP contribution in [0.1, 0.15) is 0 Å². The van der Waals surface area contributed by atoms with Crippen LogP contribution in [0.2, 0.25) is 15.1 Å². The zero-order chi connectivity index (χ0) is 13.6. The van der Waals surface area contributed by atoms with Gasteiger partial charge in [-0.05, 0) is 30.3 Å². The molecule has 3 aromatic rings. The number of nitrogen functional groups attached to an aromatic ring is 1. The van der Waals surface area contributed by atoms with Crippen LogP contribution in [0.4, 0.5) is 5.69 Å². The van der Waals surface area contributed by atoms with Crippen molar-refractivity contribution in [2.24, 2.45) is 0 Å². The number of imidazole rings is 1. The summed E-state index contributed by atoms with van der Waals surface area (Å²) >= 11 is 18.1. The fourth-order valence-electron chi connectivity index (χ4n) is 1.91. The summed E-state index contributed by atoms with van der Waals surface area (Å²) < 4.78 is 0. The number of anilines is 1. The zero-order valence-electron chi connectivity index (χ0n) is 9.55. The van der Waals surface area contributed by atoms with E-state index >= 15 is 0 Å². The first-order chi connectivity index (χ1) is 9.06. The Morgan fingerprint density at radius 2 is 1.74 bits per heavy atom. The molecule has 0 fully saturated rings. The fraction of sp³-hybridized carbons (Fsp3) is 0. The third kappa shape index (κ3) is 2.14. The number of rotatable bonds is 1. The average molecular weight is 313 g/mol. The van der Waals surface area contributed by atoms with Gasteiger partial charge in [0.2, 0.25) is 0 Å². The van der Waals surface area contributed by atoms with Gasteiger partial charge in [-0.1, -0.05) is 34.8 Å². The van der Waals surface area contributed by atoms with E-state index < -0.39 is 0 Å². The van der Waals surface area contributed by atoms with E-state index in [1.807, 2.05) is 6.07 Å². The fourth-order valence-corrected chi connectivity index (χ4v) is 2.49. The summed E-state index contributed by atoms with van der Waals surface area (Å²) in [7, 11) is 0. The summed E-state index contributed by atoms with van der Waals surface area (Å²) in [5.74, 6) is 0.572. The first kappa shape index (κ1) is 12.6. The van der Waals surface area contributed by atoms with Gasteiger partial charge in [0, 0.05) is 5.02 Å². The molecule has 2 aromatic carbocycles. The van der Waals surface area contributed by atoms with Gasteiger partial charge in [-0.2, -0.15) is 0 Å². The van der Waals surface area contributed by atoms with E-state index in [0.717, 1.165) is 11.0 Å². The molecule has 0 spiro atoms. The number of benzene rings is 2. The van der Waals surface area contributed by atoms with Crippen molar-refractivity contribution >= 4 is 51.5 Å². The zero-order valence-corrected chi connectivity index (χ0v) is 11.8. The lowest BCUT2D eigenvalue weighted by Gasteiger charge is -2.06. The molecule has 0 radical (unpaired) electrons. The summed E-state index contributed by atoms with van der Waals surface area (Å²) in [6.07, 6.45) is 0. The van der Waals surface area contributed by atoms with Crippen LogP contribution in [0.5, 0.6) is 0 Å². The molecule has 0 atom stereocenters. The molecule has 0 aliphatic carbocycles. The predicted octanol–water partition coefficient (Wildman–Crippen LogP) is 4.77. The minimum Gasteiger partial charge on any atom is -0.397 e. The molecule has 0 bridgehead atoms. The Labute approximate surface area is 124 Å². The minimum absolute atomic E-state index is 0.402. The quantitative estimate of drug-likeness (QED) is 0.636. The van der Waals surface area contributed by atoms with Crippen molar-refractivity contribution in [1.82, 2.24) is 9.97 Å². The van der Waals surface area contributed by atoms with Gasteiger partial charge >= 0.3 is 0 Å². The van der Waals surface area contributed by atoms with Crippen LogP contribution in [0.3, 0.4) is 0 Å². The average Bonchev–Trinajstić information content (AvgIpc) is 2.77. The van der Waals surface area contributed by atoms with Gasteiger partial charge in [0.05, 0.1) is 32.3 Å². The molecule has 3 N–H and O–H groups in total. The molecule has 19 heavy (non-hydrogen) atoms. The molecule has 0 saturated carbocycles. The summed E-state index contributed by atoms with van der Waals surface area (Å²) in [5, 5.41) is 1.57. The molecule has 0 saturated heterocycles. The molecule has 96 valence electrons. The molecular formula is C13H8Cl3N3. The van der Waals surface area contributed by atoms with Gasteiger partial charge in [0.15, 0.2) is 0 Å². The number of halogens is 3. The predicted molar refractivity (Wildman–Crippen MR) is 81.0 cm³/mol. The van der Waals surface area contributed by atoms with Crippen LogP contribution in [-0.4, -0.2) is 9.97 Å². The third-order valence-corrected chi connectivity index (χ3v) is 3.70. The van der Waals surface area contributed by atoms with E-state index in [-0.39, 0.29) is 0 Å². The Morgan fingerprint density at radius 3 is 2.53 bits per heavy atom. The van der Waals surface area contributed by atoms with E-state index in [4.69, 9.17) is 40.5 Å². The molecule has 0 aliphatic rings. The number of nitrogens with two attached hydrogens (primary N) is 1. The van der Waals surface area contributed by atoms with Gasteiger partial charge in [-0.25, -0.2) is 4.98 Å². The number of H-pyrrole nitrogens is 1. The molecule has 6 heteroatoms. The Kier molecular flexibility index (Phi) is 3.05. The summed E-state index contributed by atoms with van der Waals surface area (Å²) in [5.41, 5.74) is 8.57. The van der Waals surface area contributed by atoms with Gasteiger partial charge in [-0.3, -0.25) is 0 Å². The van der Waals surface area contributed by atoms with E-state index in [1.54, 1.807) is 24.3 Å². The Morgan fingerprint density at radius 1 is 1.00 bits per heavy atom. The maximum atomic E-state index is 6.17. The number of hydrogen-bond donors (Lipinski definition) is 2. The second-order valence-electron chi connectivity index (χ2n) is 4.06. The molecule has 3 rings (SSSR count). The molecule has 0 amide bonds. The molecule has 0 aliphatic heterocycles. The van der Waals surface area contributed by atoms with Gasteiger partial charge in [-0.15, -0.1) is 0 Å². The Hall–Kier alpha value is -1.42. The van der Waals surface area contributed by atoms with Crippen molar-refractivity contribution in [3.05, 3.63) is 45.4 Å². The summed E-state index contributed by atoms with van der Waals surface area (Å²) in [4.78, 5) is 7.59. The molecule has 3 nitrogen and oxygen atoms in total. The maximum absolute atomic E-state index is 6.17. The SMILES string of the molecule is Nc1c(Cl)ccc(Cl)c1-c1nc2ccc(Cl)cc2[nH]1. The molecule has 1 heterocycles. The molecule has 1 aromatic heterocycles. The van der Waals surface area contributed by atoms with Crippen molar-refractivity contribution in [2.75, 3.05) is 5.73 Å². The number of nitrogens with zero attached hydrogens (tertiary/aromatic N) is 1. The van der Waals surface area contributed by atoms with Crippen LogP contribution < -0.4 is 5.73 Å². The Balaban J connectivity index is 2.27. The standard InChI is InChI=1S/C13H8Cl3N3/c14-6-1-4-9-10(5-6)19-13(18-9)11-7(15)2-3-8(16)12(11)17/h1-5H,17H2,(H,18,19). The second-order valence-corrected chi connectivity index (χ2v) is 5.32. The lowest BCUT2D eigenvalue weighted by molar-refractivity contribution is 1.34. The monoisotopic (exact) mass is 311 g/mol. The van der Waals surface area contributed by atoms with Crippen LogP contribution >= 0.6 is 34.8 Å². The minimum atomic E-state index is 0.402. The smallest absolute Gasteiger partial charge is 0.142 e. The van der Waals surface area contributed by atoms with Crippen LogP contribution in [-0.2, 0) is 0 Å². The highest BCUT2D eigenvalue weighted by molar-refractivity contribution is 6.37. The van der Waals surface area contributed by atoms with Crippen molar-refractivity contribution in [3.8, 4) is 11.4 Å². The largest absolute Gasteiger partial charge is 0.397 e. The summed E-state index contributed by atoms with van der Waals surface area (Å²) in [6, 6.07) is 8.74. The third-order valence-electron chi connectivity index (χ3n) is 2.82. The highest BCUT2D eigenvalue weighted by Gasteiger charge is 2.14. The molecular weight excluding hydrogens is 305 g/mol. The van der Waals surface area contributed by atoms with Crippen molar-refractivity contribution in [1.29, 1.82) is 0 Å². The lowest BCUT2D eigenvalue weighted by Crippen LogP contribution is -1.93. The van der Waals surface area contributed by atoms with Crippen LogP contribution in [0.25, 0.3) is 22.4 Å². The van der Waals surface area contributed by atoms with E-state index in [9.17, 15) is 0 Å². The topological polar surface area (TPSA) is 54.7 Å². The van der Waals surface area contributed by atoms with Crippen molar-refractivity contribution in [3.63, 3.8) is 0 Å². The van der Waals surface area contributed by atoms with Gasteiger partial charge in [0.25, 0.3) is 0 Å². The van der Waals surface area contributed by atoms with Crippen LogP contribution in [0.15, 0.2) is 30.3 Å². The highest BCUT2D eigenvalue weighted by Crippen LogP contribution is 2.37. The van der Waals surface area contributed by atoms with Crippen LogP contribution in [0, 0.1) is 0 Å². The van der Waals surface area contributed by atoms with Crippen molar-refractivity contribution in [2.45, 2.75) is 0 Å². The maximum Gasteiger partial charge on any atom is 0.142 e. The lowest BCUT2D eigenvalue weighted by atomic mass is 10.1. The molecule has 0 unspecified atom stereocenters.